The van der Waals surface area contributed by atoms with Crippen LogP contribution in [0, 0.1) is 5.41 Å². The van der Waals surface area contributed by atoms with Gasteiger partial charge >= 0.3 is 6.09 Å². The molecule has 2 fully saturated rings. The summed E-state index contributed by atoms with van der Waals surface area (Å²) in [6.45, 7) is 2.67. The smallest absolute Gasteiger partial charge is 0.414 e. The highest BCUT2D eigenvalue weighted by Gasteiger charge is 2.35. The number of anilines is 2. The number of amidine groups is 1. The molecule has 0 radical (unpaired) electrons. The first-order valence-electron chi connectivity index (χ1n) is 10.3. The van der Waals surface area contributed by atoms with Gasteiger partial charge in [0.15, 0.2) is 0 Å². The van der Waals surface area contributed by atoms with Crippen LogP contribution in [0.2, 0.25) is 0 Å². The van der Waals surface area contributed by atoms with E-state index >= 15 is 0 Å². The van der Waals surface area contributed by atoms with E-state index in [1.54, 1.807) is 47.4 Å². The molecule has 11 heteroatoms. The van der Waals surface area contributed by atoms with Crippen LogP contribution < -0.4 is 16.4 Å². The van der Waals surface area contributed by atoms with Crippen molar-refractivity contribution in [2.75, 3.05) is 49.9 Å². The van der Waals surface area contributed by atoms with E-state index in [1.165, 1.54) is 10.4 Å². The molecule has 32 heavy (non-hydrogen) atoms. The fourth-order valence-corrected chi connectivity index (χ4v) is 5.48. The first-order valence-corrected chi connectivity index (χ1v) is 11.7. The summed E-state index contributed by atoms with van der Waals surface area (Å²) in [5.41, 5.74) is 12.8. The number of piperazine rings is 1. The number of nitrogen functional groups attached to an aromatic ring is 2. The van der Waals surface area contributed by atoms with Gasteiger partial charge in [0.05, 0.1) is 12.2 Å². The van der Waals surface area contributed by atoms with Crippen LogP contribution >= 0.6 is 0 Å². The maximum Gasteiger partial charge on any atom is 0.414 e. The number of carbonyl (C=O) groups excluding carboxylic acids is 1. The summed E-state index contributed by atoms with van der Waals surface area (Å²) in [6.07, 6.45) is -0.741. The first-order chi connectivity index (χ1) is 15.3. The standard InChI is InChI=1S/C21H26N6O4S/c22-18-3-1-2-4-19(18)32(29,30)26-11-9-25(10-12-26)13-17-14-27(21(28)31-17)16-7-5-15(6-8-16)20(23)24/h1-8,17H,9-14,22H2,(H3,23,24). The van der Waals surface area contributed by atoms with E-state index in [0.717, 1.165) is 0 Å². The Morgan fingerprint density at radius 1 is 1.06 bits per heavy atom. The lowest BCUT2D eigenvalue weighted by Crippen LogP contribution is -2.50. The molecule has 5 N–H and O–H groups in total. The van der Waals surface area contributed by atoms with Crippen molar-refractivity contribution < 1.29 is 17.9 Å². The van der Waals surface area contributed by atoms with Crippen molar-refractivity contribution in [3.8, 4) is 0 Å². The van der Waals surface area contributed by atoms with Crippen LogP contribution in [0.1, 0.15) is 5.56 Å². The van der Waals surface area contributed by atoms with E-state index in [4.69, 9.17) is 21.6 Å². The number of carbonyl (C=O) groups is 1. The van der Waals surface area contributed by atoms with Gasteiger partial charge in [0.25, 0.3) is 0 Å². The molecule has 0 bridgehead atoms. The van der Waals surface area contributed by atoms with Gasteiger partial charge in [0.1, 0.15) is 16.8 Å². The Kier molecular flexibility index (Phi) is 6.04. The second-order valence-corrected chi connectivity index (χ2v) is 9.73. The van der Waals surface area contributed by atoms with Gasteiger partial charge < -0.3 is 16.2 Å². The van der Waals surface area contributed by atoms with Gasteiger partial charge in [-0.15, -0.1) is 0 Å². The predicted octanol–water partition coefficient (Wildman–Crippen LogP) is 0.885. The van der Waals surface area contributed by atoms with Gasteiger partial charge in [-0.25, -0.2) is 13.2 Å². The topological polar surface area (TPSA) is 146 Å². The quantitative estimate of drug-likeness (QED) is 0.331. The average molecular weight is 459 g/mol. The van der Waals surface area contributed by atoms with Crippen LogP contribution in [0.15, 0.2) is 53.4 Å². The zero-order chi connectivity index (χ0) is 22.9. The monoisotopic (exact) mass is 458 g/mol. The molecule has 2 aromatic carbocycles. The minimum Gasteiger partial charge on any atom is -0.443 e. The number of para-hydroxylation sites is 1. The Morgan fingerprint density at radius 2 is 1.72 bits per heavy atom. The molecule has 1 unspecified atom stereocenters. The molecule has 0 aromatic heterocycles. The minimum absolute atomic E-state index is 0.0328. The number of nitrogens with two attached hydrogens (primary N) is 2. The zero-order valence-electron chi connectivity index (χ0n) is 17.5. The van der Waals surface area contributed by atoms with Gasteiger partial charge in [-0.05, 0) is 36.4 Å². The molecule has 1 amide bonds. The molecule has 0 aliphatic carbocycles. The molecule has 1 atom stereocenters. The Labute approximate surface area is 186 Å². The number of ether oxygens (including phenoxy) is 1. The number of cyclic esters (lactones) is 1. The van der Waals surface area contributed by atoms with E-state index in [1.807, 2.05) is 0 Å². The summed E-state index contributed by atoms with van der Waals surface area (Å²) in [6, 6.07) is 13.3. The number of hydrogen-bond acceptors (Lipinski definition) is 7. The number of sulfonamides is 1. The van der Waals surface area contributed by atoms with Crippen molar-refractivity contribution in [3.05, 3.63) is 54.1 Å². The van der Waals surface area contributed by atoms with Gasteiger partial charge in [0, 0.05) is 44.0 Å². The van der Waals surface area contributed by atoms with Crippen molar-refractivity contribution in [1.82, 2.24) is 9.21 Å². The largest absolute Gasteiger partial charge is 0.443 e. The molecular weight excluding hydrogens is 432 g/mol. The lowest BCUT2D eigenvalue weighted by atomic mass is 10.2. The molecule has 0 spiro atoms. The SMILES string of the molecule is N=C(N)c1ccc(N2CC(CN3CCN(S(=O)(=O)c4ccccc4N)CC3)OC2=O)cc1. The number of nitrogens with zero attached hydrogens (tertiary/aromatic N) is 3. The van der Waals surface area contributed by atoms with Crippen molar-refractivity contribution >= 4 is 33.3 Å². The maximum absolute atomic E-state index is 12.9. The number of nitrogens with one attached hydrogen (secondary N) is 1. The van der Waals surface area contributed by atoms with Crippen LogP contribution in [-0.4, -0.2) is 74.9 Å². The van der Waals surface area contributed by atoms with E-state index in [0.29, 0.717) is 50.5 Å². The van der Waals surface area contributed by atoms with Gasteiger partial charge in [0.2, 0.25) is 10.0 Å². The van der Waals surface area contributed by atoms with Crippen LogP contribution in [0.5, 0.6) is 0 Å². The molecule has 0 saturated carbocycles. The molecule has 2 heterocycles. The predicted molar refractivity (Wildman–Crippen MR) is 121 cm³/mol. The van der Waals surface area contributed by atoms with E-state index < -0.39 is 16.1 Å². The average Bonchev–Trinajstić information content (AvgIpc) is 3.14. The number of amides is 1. The van der Waals surface area contributed by atoms with E-state index in [-0.39, 0.29) is 22.5 Å². The third kappa shape index (κ3) is 4.40. The molecule has 170 valence electrons. The van der Waals surface area contributed by atoms with Crippen LogP contribution in [0.4, 0.5) is 16.2 Å². The lowest BCUT2D eigenvalue weighted by molar-refractivity contribution is 0.0937. The normalized spacial score (nSPS) is 20.3. The fourth-order valence-electron chi connectivity index (χ4n) is 3.94. The molecule has 2 aromatic rings. The van der Waals surface area contributed by atoms with Gasteiger partial charge in [-0.2, -0.15) is 4.31 Å². The summed E-state index contributed by atoms with van der Waals surface area (Å²) in [7, 11) is -3.64. The summed E-state index contributed by atoms with van der Waals surface area (Å²) < 4.78 is 32.8. The van der Waals surface area contributed by atoms with Crippen molar-refractivity contribution in [1.29, 1.82) is 5.41 Å². The summed E-state index contributed by atoms with van der Waals surface area (Å²) in [5, 5.41) is 7.46. The molecule has 4 rings (SSSR count). The second-order valence-electron chi connectivity index (χ2n) is 7.82. The van der Waals surface area contributed by atoms with E-state index in [9.17, 15) is 13.2 Å². The van der Waals surface area contributed by atoms with Gasteiger partial charge in [-0.3, -0.25) is 15.2 Å². The third-order valence-electron chi connectivity index (χ3n) is 5.69. The van der Waals surface area contributed by atoms with Crippen LogP contribution in [-0.2, 0) is 14.8 Å². The Hall–Kier alpha value is -3.15. The van der Waals surface area contributed by atoms with Crippen LogP contribution in [0.25, 0.3) is 0 Å². The summed E-state index contributed by atoms with van der Waals surface area (Å²) in [5.74, 6) is -0.0328. The Morgan fingerprint density at radius 3 is 2.34 bits per heavy atom. The minimum atomic E-state index is -3.64. The fraction of sp³-hybridized carbons (Fsp3) is 0.333. The van der Waals surface area contributed by atoms with Crippen molar-refractivity contribution in [3.63, 3.8) is 0 Å². The Bertz CT molecular complexity index is 1110. The molecule has 2 aliphatic rings. The number of rotatable bonds is 6. The maximum atomic E-state index is 12.9. The highest BCUT2D eigenvalue weighted by molar-refractivity contribution is 7.89. The highest BCUT2D eigenvalue weighted by Crippen LogP contribution is 2.25. The zero-order valence-corrected chi connectivity index (χ0v) is 18.3. The van der Waals surface area contributed by atoms with Gasteiger partial charge in [-0.1, -0.05) is 12.1 Å². The Balaban J connectivity index is 1.33. The van der Waals surface area contributed by atoms with Crippen molar-refractivity contribution in [2.24, 2.45) is 5.73 Å². The second kappa shape index (κ2) is 8.77. The lowest BCUT2D eigenvalue weighted by Gasteiger charge is -2.34. The first kappa shape index (κ1) is 22.1. The number of hydrogen-bond donors (Lipinski definition) is 3. The molecule has 2 aliphatic heterocycles. The summed E-state index contributed by atoms with van der Waals surface area (Å²) >= 11 is 0. The highest BCUT2D eigenvalue weighted by atomic mass is 32.2. The molecule has 10 nitrogen and oxygen atoms in total. The third-order valence-corrected chi connectivity index (χ3v) is 7.67. The molecular formula is C21H26N6O4S. The van der Waals surface area contributed by atoms with Crippen molar-refractivity contribution in [2.45, 2.75) is 11.0 Å². The summed E-state index contributed by atoms with van der Waals surface area (Å²) in [4.78, 5) is 16.1. The van der Waals surface area contributed by atoms with Crippen LogP contribution in [0.3, 0.4) is 0 Å². The number of benzene rings is 2. The molecule has 2 saturated heterocycles. The van der Waals surface area contributed by atoms with E-state index in [2.05, 4.69) is 4.90 Å².